The van der Waals surface area contributed by atoms with E-state index >= 15 is 0 Å². The van der Waals surface area contributed by atoms with Crippen molar-refractivity contribution in [1.82, 2.24) is 10.2 Å². The highest BCUT2D eigenvalue weighted by Gasteiger charge is 2.16. The van der Waals surface area contributed by atoms with E-state index in [4.69, 9.17) is 4.74 Å². The average Bonchev–Trinajstić information content (AvgIpc) is 2.50. The lowest BCUT2D eigenvalue weighted by atomic mass is 10.1. The predicted molar refractivity (Wildman–Crippen MR) is 84.3 cm³/mol. The van der Waals surface area contributed by atoms with Crippen molar-refractivity contribution in [3.8, 4) is 0 Å². The van der Waals surface area contributed by atoms with E-state index in [0.29, 0.717) is 6.54 Å². The maximum atomic E-state index is 12.2. The van der Waals surface area contributed by atoms with Gasteiger partial charge in [-0.3, -0.25) is 9.69 Å². The van der Waals surface area contributed by atoms with Crippen molar-refractivity contribution in [3.63, 3.8) is 0 Å². The molecule has 1 heterocycles. The van der Waals surface area contributed by atoms with Crippen LogP contribution in [0.4, 0.5) is 5.69 Å². The van der Waals surface area contributed by atoms with Crippen molar-refractivity contribution in [1.29, 1.82) is 0 Å². The molecule has 1 aliphatic heterocycles. The molecule has 116 valence electrons. The van der Waals surface area contributed by atoms with Crippen LogP contribution in [0, 0.1) is 5.92 Å². The molecule has 5 nitrogen and oxygen atoms in total. The van der Waals surface area contributed by atoms with Crippen LogP contribution in [0.3, 0.4) is 0 Å². The van der Waals surface area contributed by atoms with Crippen LogP contribution >= 0.6 is 0 Å². The SMILES string of the molecule is CNCC(C)C(=O)Nc1ccccc1CN1CCOCC1. The van der Waals surface area contributed by atoms with Gasteiger partial charge in [-0.05, 0) is 18.7 Å². The second-order valence-corrected chi connectivity index (χ2v) is 5.49. The van der Waals surface area contributed by atoms with Crippen molar-refractivity contribution in [2.75, 3.05) is 45.2 Å². The van der Waals surface area contributed by atoms with E-state index < -0.39 is 0 Å². The quantitative estimate of drug-likeness (QED) is 0.830. The summed E-state index contributed by atoms with van der Waals surface area (Å²) in [5.41, 5.74) is 2.07. The third-order valence-electron chi connectivity index (χ3n) is 3.73. The minimum atomic E-state index is -0.0496. The molecule has 1 aromatic rings. The number of nitrogens with zero attached hydrogens (tertiary/aromatic N) is 1. The molecule has 0 aromatic heterocycles. The Labute approximate surface area is 126 Å². The summed E-state index contributed by atoms with van der Waals surface area (Å²) in [7, 11) is 1.86. The molecule has 1 aliphatic rings. The van der Waals surface area contributed by atoms with Crippen LogP contribution in [0.1, 0.15) is 12.5 Å². The van der Waals surface area contributed by atoms with Gasteiger partial charge in [-0.15, -0.1) is 0 Å². The van der Waals surface area contributed by atoms with E-state index in [-0.39, 0.29) is 11.8 Å². The first-order valence-electron chi connectivity index (χ1n) is 7.54. The summed E-state index contributed by atoms with van der Waals surface area (Å²) in [6.45, 7) is 6.91. The lowest BCUT2D eigenvalue weighted by molar-refractivity contribution is -0.119. The molecule has 0 spiro atoms. The van der Waals surface area contributed by atoms with Crippen LogP contribution in [0.25, 0.3) is 0 Å². The van der Waals surface area contributed by atoms with E-state index in [1.54, 1.807) is 0 Å². The number of carbonyl (C=O) groups excluding carboxylic acids is 1. The summed E-state index contributed by atoms with van der Waals surface area (Å²) in [4.78, 5) is 14.5. The van der Waals surface area contributed by atoms with Crippen molar-refractivity contribution < 1.29 is 9.53 Å². The summed E-state index contributed by atoms with van der Waals surface area (Å²) in [6.07, 6.45) is 0. The zero-order chi connectivity index (χ0) is 15.1. The van der Waals surface area contributed by atoms with Crippen LogP contribution in [-0.4, -0.2) is 50.7 Å². The Morgan fingerprint density at radius 3 is 2.76 bits per heavy atom. The number of hydrogen-bond donors (Lipinski definition) is 2. The molecular formula is C16H25N3O2. The Bertz CT molecular complexity index is 459. The summed E-state index contributed by atoms with van der Waals surface area (Å²) < 4.78 is 5.37. The molecule has 21 heavy (non-hydrogen) atoms. The van der Waals surface area contributed by atoms with Gasteiger partial charge in [0.25, 0.3) is 0 Å². The van der Waals surface area contributed by atoms with Gasteiger partial charge >= 0.3 is 0 Å². The minimum Gasteiger partial charge on any atom is -0.379 e. The third-order valence-corrected chi connectivity index (χ3v) is 3.73. The minimum absolute atomic E-state index is 0.0496. The normalized spacial score (nSPS) is 17.4. The Kier molecular flexibility index (Phi) is 6.17. The van der Waals surface area contributed by atoms with Gasteiger partial charge in [0.1, 0.15) is 0 Å². The highest BCUT2D eigenvalue weighted by molar-refractivity contribution is 5.93. The molecule has 2 N–H and O–H groups in total. The standard InChI is InChI=1S/C16H25N3O2/c1-13(11-17-2)16(20)18-15-6-4-3-5-14(15)12-19-7-9-21-10-8-19/h3-6,13,17H,7-12H2,1-2H3,(H,18,20). The van der Waals surface area contributed by atoms with Gasteiger partial charge in [0.05, 0.1) is 13.2 Å². The van der Waals surface area contributed by atoms with E-state index in [9.17, 15) is 4.79 Å². The number of nitrogens with one attached hydrogen (secondary N) is 2. The molecule has 1 saturated heterocycles. The lowest BCUT2D eigenvalue weighted by Crippen LogP contribution is -2.36. The third kappa shape index (κ3) is 4.81. The zero-order valence-corrected chi connectivity index (χ0v) is 12.9. The second-order valence-electron chi connectivity index (χ2n) is 5.49. The Hall–Kier alpha value is -1.43. The van der Waals surface area contributed by atoms with Gasteiger partial charge in [0.2, 0.25) is 5.91 Å². The van der Waals surface area contributed by atoms with Gasteiger partial charge in [0, 0.05) is 37.8 Å². The molecule has 1 amide bonds. The Morgan fingerprint density at radius 2 is 2.05 bits per heavy atom. The molecule has 1 aromatic carbocycles. The van der Waals surface area contributed by atoms with Gasteiger partial charge < -0.3 is 15.4 Å². The van der Waals surface area contributed by atoms with Gasteiger partial charge in [-0.25, -0.2) is 0 Å². The molecule has 0 aliphatic carbocycles. The summed E-state index contributed by atoms with van der Waals surface area (Å²) >= 11 is 0. The number of hydrogen-bond acceptors (Lipinski definition) is 4. The van der Waals surface area contributed by atoms with E-state index in [2.05, 4.69) is 21.6 Å². The van der Waals surface area contributed by atoms with Crippen LogP contribution in [-0.2, 0) is 16.1 Å². The Balaban J connectivity index is 2.00. The van der Waals surface area contributed by atoms with E-state index in [1.807, 2.05) is 32.2 Å². The molecule has 2 rings (SSSR count). The first kappa shape index (κ1) is 15.9. The lowest BCUT2D eigenvalue weighted by Gasteiger charge is -2.27. The summed E-state index contributed by atoms with van der Waals surface area (Å²) in [5.74, 6) is 0.00483. The van der Waals surface area contributed by atoms with Crippen molar-refractivity contribution in [3.05, 3.63) is 29.8 Å². The predicted octanol–water partition coefficient (Wildman–Crippen LogP) is 1.31. The van der Waals surface area contributed by atoms with Crippen LogP contribution in [0.5, 0.6) is 0 Å². The maximum Gasteiger partial charge on any atom is 0.228 e. The van der Waals surface area contributed by atoms with Crippen molar-refractivity contribution in [2.24, 2.45) is 5.92 Å². The maximum absolute atomic E-state index is 12.2. The highest BCUT2D eigenvalue weighted by Crippen LogP contribution is 2.18. The fraction of sp³-hybridized carbons (Fsp3) is 0.562. The molecule has 1 unspecified atom stereocenters. The van der Waals surface area contributed by atoms with Crippen LogP contribution in [0.2, 0.25) is 0 Å². The summed E-state index contributed by atoms with van der Waals surface area (Å²) in [5, 5.41) is 6.08. The molecule has 0 radical (unpaired) electrons. The molecule has 1 fully saturated rings. The number of rotatable bonds is 6. The largest absolute Gasteiger partial charge is 0.379 e. The fourth-order valence-corrected chi connectivity index (χ4v) is 2.44. The number of anilines is 1. The van der Waals surface area contributed by atoms with Crippen LogP contribution < -0.4 is 10.6 Å². The fourth-order valence-electron chi connectivity index (χ4n) is 2.44. The molecule has 1 atom stereocenters. The topological polar surface area (TPSA) is 53.6 Å². The second kappa shape index (κ2) is 8.12. The number of benzene rings is 1. The smallest absolute Gasteiger partial charge is 0.228 e. The molecular weight excluding hydrogens is 266 g/mol. The number of para-hydroxylation sites is 1. The first-order valence-corrected chi connectivity index (χ1v) is 7.54. The number of ether oxygens (including phenoxy) is 1. The van der Waals surface area contributed by atoms with E-state index in [0.717, 1.165) is 44.1 Å². The molecule has 0 saturated carbocycles. The zero-order valence-electron chi connectivity index (χ0n) is 12.9. The summed E-state index contributed by atoms with van der Waals surface area (Å²) in [6, 6.07) is 8.03. The van der Waals surface area contributed by atoms with Gasteiger partial charge in [0.15, 0.2) is 0 Å². The van der Waals surface area contributed by atoms with Crippen molar-refractivity contribution >= 4 is 11.6 Å². The Morgan fingerprint density at radius 1 is 1.33 bits per heavy atom. The molecule has 0 bridgehead atoms. The molecule has 5 heteroatoms. The highest BCUT2D eigenvalue weighted by atomic mass is 16.5. The van der Waals surface area contributed by atoms with Crippen molar-refractivity contribution in [2.45, 2.75) is 13.5 Å². The van der Waals surface area contributed by atoms with Gasteiger partial charge in [-0.1, -0.05) is 25.1 Å². The number of morpholine rings is 1. The van der Waals surface area contributed by atoms with E-state index in [1.165, 1.54) is 0 Å². The van der Waals surface area contributed by atoms with Crippen LogP contribution in [0.15, 0.2) is 24.3 Å². The number of carbonyl (C=O) groups is 1. The average molecular weight is 291 g/mol. The first-order chi connectivity index (χ1) is 10.2. The van der Waals surface area contributed by atoms with Gasteiger partial charge in [-0.2, -0.15) is 0 Å². The number of amides is 1. The monoisotopic (exact) mass is 291 g/mol.